The smallest absolute Gasteiger partial charge is 0.202 e. The Bertz CT molecular complexity index is 800. The molecule has 0 radical (unpaired) electrons. The number of carbonyl (C=O) groups is 1. The van der Waals surface area contributed by atoms with Crippen LogP contribution >= 0.6 is 0 Å². The lowest BCUT2D eigenvalue weighted by molar-refractivity contribution is 0.0210. The fourth-order valence-electron chi connectivity index (χ4n) is 2.69. The van der Waals surface area contributed by atoms with Gasteiger partial charge in [0, 0.05) is 12.1 Å². The molecule has 0 aliphatic carbocycles. The molecule has 2 unspecified atom stereocenters. The predicted molar refractivity (Wildman–Crippen MR) is 83.0 cm³/mol. The number of Topliss-reactive ketones (excluding diaryl/α,β-unsaturated/α-hetero) is 1. The van der Waals surface area contributed by atoms with Gasteiger partial charge in [-0.25, -0.2) is 0 Å². The summed E-state index contributed by atoms with van der Waals surface area (Å²) in [6.07, 6.45) is -2.52. The molecule has 0 saturated carbocycles. The molecule has 3 N–H and O–H groups in total. The highest BCUT2D eigenvalue weighted by Gasteiger charge is 2.39. The minimum atomic E-state index is -1.51. The molecule has 0 amide bonds. The largest absolute Gasteiger partial charge is 0.508 e. The van der Waals surface area contributed by atoms with Crippen molar-refractivity contribution in [3.05, 3.63) is 41.5 Å². The lowest BCUT2D eigenvalue weighted by Gasteiger charge is -2.30. The van der Waals surface area contributed by atoms with Crippen molar-refractivity contribution in [3.63, 3.8) is 0 Å². The number of phenols is 2. The number of phenolic OH excluding ortho intramolecular Hbond substituents is 2. The van der Waals surface area contributed by atoms with Gasteiger partial charge in [0.05, 0.1) is 14.2 Å². The Balaban J connectivity index is 2.05. The number of carbonyl (C=O) groups excluding carboxylic acids is 1. The molecule has 7 nitrogen and oxygen atoms in total. The number of fused-ring (bicyclic) bond motifs is 1. The zero-order valence-corrected chi connectivity index (χ0v) is 13.0. The van der Waals surface area contributed by atoms with Gasteiger partial charge >= 0.3 is 0 Å². The highest BCUT2D eigenvalue weighted by atomic mass is 16.5. The second kappa shape index (κ2) is 5.93. The third-order valence-corrected chi connectivity index (χ3v) is 3.86. The standard InChI is InChI=1S/C17H16O7/c1-22-11-4-3-8(5-12(11)23-2)17-16(21)15(20)14-10(19)6-9(18)7-13(14)24-17/h3-7,16-19,21H,1-2H3. The van der Waals surface area contributed by atoms with Crippen LogP contribution in [0.4, 0.5) is 0 Å². The average molecular weight is 332 g/mol. The topological polar surface area (TPSA) is 105 Å². The Morgan fingerprint density at radius 1 is 1.04 bits per heavy atom. The van der Waals surface area contributed by atoms with E-state index < -0.39 is 23.7 Å². The van der Waals surface area contributed by atoms with Crippen LogP contribution in [0.15, 0.2) is 30.3 Å². The Morgan fingerprint density at radius 3 is 2.42 bits per heavy atom. The quantitative estimate of drug-likeness (QED) is 0.787. The van der Waals surface area contributed by atoms with Crippen molar-refractivity contribution in [2.45, 2.75) is 12.2 Å². The average Bonchev–Trinajstić information content (AvgIpc) is 2.56. The van der Waals surface area contributed by atoms with Crippen LogP contribution in [-0.2, 0) is 0 Å². The van der Waals surface area contributed by atoms with Crippen LogP contribution in [0.1, 0.15) is 22.0 Å². The van der Waals surface area contributed by atoms with Crippen LogP contribution in [0, 0.1) is 0 Å². The van der Waals surface area contributed by atoms with E-state index in [1.807, 2.05) is 0 Å². The molecule has 126 valence electrons. The van der Waals surface area contributed by atoms with Crippen molar-refractivity contribution in [1.29, 1.82) is 0 Å². The molecule has 1 aliphatic rings. The van der Waals surface area contributed by atoms with Gasteiger partial charge in [-0.05, 0) is 17.7 Å². The van der Waals surface area contributed by atoms with Gasteiger partial charge in [-0.1, -0.05) is 6.07 Å². The minimum absolute atomic E-state index is 0.00239. The number of methoxy groups -OCH3 is 2. The Morgan fingerprint density at radius 2 is 1.75 bits per heavy atom. The van der Waals surface area contributed by atoms with E-state index in [1.54, 1.807) is 18.2 Å². The van der Waals surface area contributed by atoms with Crippen LogP contribution in [0.5, 0.6) is 28.7 Å². The summed E-state index contributed by atoms with van der Waals surface area (Å²) in [5.74, 6) is -0.464. The van der Waals surface area contributed by atoms with Gasteiger partial charge in [-0.2, -0.15) is 0 Å². The van der Waals surface area contributed by atoms with Crippen LogP contribution in [0.3, 0.4) is 0 Å². The van der Waals surface area contributed by atoms with E-state index in [2.05, 4.69) is 0 Å². The first-order chi connectivity index (χ1) is 11.5. The maximum atomic E-state index is 12.4. The first-order valence-corrected chi connectivity index (χ1v) is 7.13. The van der Waals surface area contributed by atoms with Gasteiger partial charge in [-0.3, -0.25) is 4.79 Å². The molecule has 2 aromatic carbocycles. The lowest BCUT2D eigenvalue weighted by atomic mass is 9.92. The van der Waals surface area contributed by atoms with Gasteiger partial charge in [0.25, 0.3) is 0 Å². The molecular formula is C17H16O7. The number of hydrogen-bond donors (Lipinski definition) is 3. The summed E-state index contributed by atoms with van der Waals surface area (Å²) in [5, 5.41) is 29.7. The van der Waals surface area contributed by atoms with Gasteiger partial charge in [0.1, 0.15) is 22.8 Å². The minimum Gasteiger partial charge on any atom is -0.508 e. The van der Waals surface area contributed by atoms with Crippen molar-refractivity contribution in [3.8, 4) is 28.7 Å². The zero-order valence-electron chi connectivity index (χ0n) is 13.0. The van der Waals surface area contributed by atoms with Crippen molar-refractivity contribution in [2.75, 3.05) is 14.2 Å². The summed E-state index contributed by atoms with van der Waals surface area (Å²) in [7, 11) is 2.96. The summed E-state index contributed by atoms with van der Waals surface area (Å²) in [4.78, 5) is 12.4. The predicted octanol–water partition coefficient (Wildman–Crippen LogP) is 1.79. The fraction of sp³-hybridized carbons (Fsp3) is 0.235. The number of benzene rings is 2. The molecule has 24 heavy (non-hydrogen) atoms. The summed E-state index contributed by atoms with van der Waals surface area (Å²) in [6.45, 7) is 0. The highest BCUT2D eigenvalue weighted by molar-refractivity contribution is 6.05. The number of ketones is 1. The van der Waals surface area contributed by atoms with Crippen molar-refractivity contribution in [1.82, 2.24) is 0 Å². The summed E-state index contributed by atoms with van der Waals surface area (Å²) < 4.78 is 16.0. The molecule has 0 bridgehead atoms. The highest BCUT2D eigenvalue weighted by Crippen LogP contribution is 2.42. The van der Waals surface area contributed by atoms with Crippen molar-refractivity contribution >= 4 is 5.78 Å². The van der Waals surface area contributed by atoms with Gasteiger partial charge in [0.2, 0.25) is 5.78 Å². The number of aliphatic hydroxyl groups is 1. The Kier molecular flexibility index (Phi) is 3.94. The monoisotopic (exact) mass is 332 g/mol. The molecule has 1 heterocycles. The first kappa shape index (κ1) is 15.9. The maximum Gasteiger partial charge on any atom is 0.202 e. The third-order valence-electron chi connectivity index (χ3n) is 3.86. The molecule has 2 aromatic rings. The normalized spacial score (nSPS) is 19.4. The Labute approximate surface area is 137 Å². The van der Waals surface area contributed by atoms with E-state index in [0.29, 0.717) is 17.1 Å². The molecule has 2 atom stereocenters. The molecule has 0 spiro atoms. The van der Waals surface area contributed by atoms with Crippen molar-refractivity contribution in [2.24, 2.45) is 0 Å². The second-order valence-electron chi connectivity index (χ2n) is 5.30. The maximum absolute atomic E-state index is 12.4. The number of aliphatic hydroxyl groups excluding tert-OH is 1. The Hall–Kier alpha value is -2.93. The summed E-state index contributed by atoms with van der Waals surface area (Å²) >= 11 is 0. The van der Waals surface area contributed by atoms with Gasteiger partial charge < -0.3 is 29.5 Å². The van der Waals surface area contributed by atoms with E-state index in [1.165, 1.54) is 20.3 Å². The second-order valence-corrected chi connectivity index (χ2v) is 5.30. The van der Waals surface area contributed by atoms with Crippen LogP contribution in [0.2, 0.25) is 0 Å². The van der Waals surface area contributed by atoms with Gasteiger partial charge in [0.15, 0.2) is 23.7 Å². The van der Waals surface area contributed by atoms with Crippen LogP contribution < -0.4 is 14.2 Å². The van der Waals surface area contributed by atoms with E-state index in [4.69, 9.17) is 14.2 Å². The molecule has 3 rings (SSSR count). The number of rotatable bonds is 3. The number of aromatic hydroxyl groups is 2. The number of hydrogen-bond acceptors (Lipinski definition) is 7. The summed E-state index contributed by atoms with van der Waals surface area (Å²) in [5.41, 5.74) is 0.332. The SMILES string of the molecule is COc1ccc(C2Oc3cc(O)cc(O)c3C(=O)C2O)cc1OC. The molecule has 7 heteroatoms. The molecule has 0 saturated heterocycles. The van der Waals surface area contributed by atoms with Crippen LogP contribution in [0.25, 0.3) is 0 Å². The first-order valence-electron chi connectivity index (χ1n) is 7.13. The molecule has 1 aliphatic heterocycles. The van der Waals surface area contributed by atoms with Gasteiger partial charge in [-0.15, -0.1) is 0 Å². The molecular weight excluding hydrogens is 316 g/mol. The van der Waals surface area contributed by atoms with E-state index in [9.17, 15) is 20.1 Å². The van der Waals surface area contributed by atoms with E-state index >= 15 is 0 Å². The molecule has 0 fully saturated rings. The lowest BCUT2D eigenvalue weighted by Crippen LogP contribution is -2.36. The third kappa shape index (κ3) is 2.48. The fourth-order valence-corrected chi connectivity index (χ4v) is 2.69. The molecule has 0 aromatic heterocycles. The van der Waals surface area contributed by atoms with Crippen LogP contribution in [-0.4, -0.2) is 41.4 Å². The zero-order chi connectivity index (χ0) is 17.4. The summed E-state index contributed by atoms with van der Waals surface area (Å²) in [6, 6.07) is 7.09. The van der Waals surface area contributed by atoms with E-state index in [0.717, 1.165) is 6.07 Å². The van der Waals surface area contributed by atoms with E-state index in [-0.39, 0.29) is 17.1 Å². The van der Waals surface area contributed by atoms with Crippen molar-refractivity contribution < 1.29 is 34.3 Å². The number of ether oxygens (including phenoxy) is 3.